The van der Waals surface area contributed by atoms with Gasteiger partial charge in [0.1, 0.15) is 11.5 Å². The van der Waals surface area contributed by atoms with Crippen molar-refractivity contribution in [3.05, 3.63) is 83.9 Å². The zero-order chi connectivity index (χ0) is 21.5. The fraction of sp³-hybridized carbons (Fsp3) is 0.240. The first kappa shape index (κ1) is 20.8. The molecule has 4 rings (SSSR count). The second-order valence-corrected chi connectivity index (χ2v) is 7.24. The molecule has 0 radical (unpaired) electrons. The van der Waals surface area contributed by atoms with Gasteiger partial charge in [0, 0.05) is 25.3 Å². The smallest absolute Gasteiger partial charge is 0.340 e. The van der Waals surface area contributed by atoms with Crippen molar-refractivity contribution in [3.63, 3.8) is 0 Å². The lowest BCUT2D eigenvalue weighted by molar-refractivity contribution is 0.0600. The van der Waals surface area contributed by atoms with E-state index >= 15 is 0 Å². The van der Waals surface area contributed by atoms with E-state index in [1.807, 2.05) is 72.8 Å². The highest BCUT2D eigenvalue weighted by atomic mass is 16.5. The molecule has 0 spiro atoms. The topological polar surface area (TPSA) is 60.0 Å². The Morgan fingerprint density at radius 1 is 0.968 bits per heavy atom. The summed E-state index contributed by atoms with van der Waals surface area (Å²) in [6.07, 6.45) is 0. The normalized spacial score (nSPS) is 13.5. The third-order valence-electron chi connectivity index (χ3n) is 5.13. The number of methoxy groups -OCH3 is 1. The number of hydrogen-bond donors (Lipinski definition) is 1. The Morgan fingerprint density at radius 3 is 2.52 bits per heavy atom. The van der Waals surface area contributed by atoms with E-state index in [4.69, 9.17) is 14.2 Å². The van der Waals surface area contributed by atoms with Crippen molar-refractivity contribution in [3.8, 4) is 11.5 Å². The van der Waals surface area contributed by atoms with Crippen LogP contribution in [-0.2, 0) is 16.0 Å². The number of rotatable bonds is 7. The molecule has 160 valence electrons. The number of nitrogens with one attached hydrogen (secondary N) is 1. The molecule has 6 nitrogen and oxygen atoms in total. The molecule has 1 aliphatic rings. The van der Waals surface area contributed by atoms with Crippen molar-refractivity contribution in [2.24, 2.45) is 0 Å². The zero-order valence-corrected chi connectivity index (χ0v) is 17.5. The van der Waals surface area contributed by atoms with E-state index in [0.29, 0.717) is 25.3 Å². The van der Waals surface area contributed by atoms with Crippen LogP contribution in [0.15, 0.2) is 72.8 Å². The van der Waals surface area contributed by atoms with Crippen LogP contribution >= 0.6 is 0 Å². The van der Waals surface area contributed by atoms with Gasteiger partial charge in [-0.2, -0.15) is 0 Å². The molecule has 0 atom stereocenters. The Bertz CT molecular complexity index is 1020. The predicted molar refractivity (Wildman–Crippen MR) is 121 cm³/mol. The minimum Gasteiger partial charge on any atom is -0.465 e. The summed E-state index contributed by atoms with van der Waals surface area (Å²) < 4.78 is 16.4. The van der Waals surface area contributed by atoms with Gasteiger partial charge in [0.2, 0.25) is 0 Å². The number of esters is 1. The van der Waals surface area contributed by atoms with Crippen LogP contribution in [0.3, 0.4) is 0 Å². The average Bonchev–Trinajstić information content (AvgIpc) is 2.83. The van der Waals surface area contributed by atoms with Gasteiger partial charge in [0.05, 0.1) is 31.6 Å². The zero-order valence-electron chi connectivity index (χ0n) is 17.5. The number of benzene rings is 3. The van der Waals surface area contributed by atoms with Crippen LogP contribution in [-0.4, -0.2) is 39.4 Å². The molecule has 0 aliphatic carbocycles. The Kier molecular flexibility index (Phi) is 6.69. The highest BCUT2D eigenvalue weighted by Gasteiger charge is 2.19. The van der Waals surface area contributed by atoms with Gasteiger partial charge in [-0.3, -0.25) is 0 Å². The molecule has 1 N–H and O–H groups in total. The maximum Gasteiger partial charge on any atom is 0.340 e. The van der Waals surface area contributed by atoms with Crippen molar-refractivity contribution in [1.82, 2.24) is 0 Å². The third kappa shape index (κ3) is 5.35. The van der Waals surface area contributed by atoms with Crippen molar-refractivity contribution in [1.29, 1.82) is 0 Å². The average molecular weight is 418 g/mol. The van der Waals surface area contributed by atoms with Crippen LogP contribution in [0.5, 0.6) is 11.5 Å². The Morgan fingerprint density at radius 2 is 1.74 bits per heavy atom. The van der Waals surface area contributed by atoms with Gasteiger partial charge in [-0.15, -0.1) is 0 Å². The summed E-state index contributed by atoms with van der Waals surface area (Å²) >= 11 is 0. The molecule has 1 saturated heterocycles. The van der Waals surface area contributed by atoms with Crippen molar-refractivity contribution >= 4 is 17.3 Å². The van der Waals surface area contributed by atoms with Crippen LogP contribution in [0.2, 0.25) is 0 Å². The SMILES string of the molecule is COC(=O)c1cc(NCc2cccc(Oc3ccccc3)c2)ccc1N1CCOCC1. The fourth-order valence-corrected chi connectivity index (χ4v) is 3.55. The first-order valence-electron chi connectivity index (χ1n) is 10.3. The minimum atomic E-state index is -0.344. The standard InChI is InChI=1S/C25H26N2O4/c1-29-25(28)23-17-20(10-11-24(23)27-12-14-30-15-13-27)26-18-19-6-5-9-22(16-19)31-21-7-3-2-4-8-21/h2-11,16-17,26H,12-15,18H2,1H3. The van der Waals surface area contributed by atoms with Gasteiger partial charge in [-0.05, 0) is 48.0 Å². The Hall–Kier alpha value is -3.51. The van der Waals surface area contributed by atoms with E-state index in [2.05, 4.69) is 10.2 Å². The number of nitrogens with zero attached hydrogens (tertiary/aromatic N) is 1. The quantitative estimate of drug-likeness (QED) is 0.561. The summed E-state index contributed by atoms with van der Waals surface area (Å²) in [5, 5.41) is 3.39. The van der Waals surface area contributed by atoms with Gasteiger partial charge in [0.15, 0.2) is 0 Å². The number of carbonyl (C=O) groups is 1. The highest BCUT2D eigenvalue weighted by molar-refractivity contribution is 5.97. The number of carbonyl (C=O) groups excluding carboxylic acids is 1. The van der Waals surface area contributed by atoms with Crippen LogP contribution in [0.1, 0.15) is 15.9 Å². The van der Waals surface area contributed by atoms with E-state index in [1.165, 1.54) is 7.11 Å². The first-order chi connectivity index (χ1) is 15.2. The van der Waals surface area contributed by atoms with E-state index in [0.717, 1.165) is 41.5 Å². The maximum atomic E-state index is 12.4. The van der Waals surface area contributed by atoms with E-state index in [-0.39, 0.29) is 5.97 Å². The number of anilines is 2. The molecular formula is C25H26N2O4. The lowest BCUT2D eigenvalue weighted by Crippen LogP contribution is -2.37. The van der Waals surface area contributed by atoms with Crippen molar-refractivity contribution < 1.29 is 19.0 Å². The monoisotopic (exact) mass is 418 g/mol. The summed E-state index contributed by atoms with van der Waals surface area (Å²) in [5.74, 6) is 1.24. The molecule has 6 heteroatoms. The third-order valence-corrected chi connectivity index (χ3v) is 5.13. The first-order valence-corrected chi connectivity index (χ1v) is 10.3. The molecule has 1 heterocycles. The van der Waals surface area contributed by atoms with Gasteiger partial charge in [-0.1, -0.05) is 30.3 Å². The molecule has 31 heavy (non-hydrogen) atoms. The molecule has 0 bridgehead atoms. The number of morpholine rings is 1. The largest absolute Gasteiger partial charge is 0.465 e. The molecule has 1 fully saturated rings. The second-order valence-electron chi connectivity index (χ2n) is 7.24. The maximum absolute atomic E-state index is 12.4. The van der Waals surface area contributed by atoms with E-state index in [9.17, 15) is 4.79 Å². The fourth-order valence-electron chi connectivity index (χ4n) is 3.55. The summed E-state index contributed by atoms with van der Waals surface area (Å²) in [5.41, 5.74) is 3.35. The Balaban J connectivity index is 1.47. The van der Waals surface area contributed by atoms with Gasteiger partial charge < -0.3 is 24.4 Å². The molecular weight excluding hydrogens is 392 g/mol. The lowest BCUT2D eigenvalue weighted by atomic mass is 10.1. The van der Waals surface area contributed by atoms with E-state index < -0.39 is 0 Å². The lowest BCUT2D eigenvalue weighted by Gasteiger charge is -2.30. The number of hydrogen-bond acceptors (Lipinski definition) is 6. The minimum absolute atomic E-state index is 0.344. The van der Waals surface area contributed by atoms with Crippen molar-refractivity contribution in [2.45, 2.75) is 6.54 Å². The Labute approximate surface area is 182 Å². The van der Waals surface area contributed by atoms with Crippen LogP contribution < -0.4 is 15.0 Å². The van der Waals surface area contributed by atoms with Gasteiger partial charge in [-0.25, -0.2) is 4.79 Å². The molecule has 3 aromatic carbocycles. The van der Waals surface area contributed by atoms with E-state index in [1.54, 1.807) is 0 Å². The number of ether oxygens (including phenoxy) is 3. The summed E-state index contributed by atoms with van der Waals surface area (Å²) in [6.45, 7) is 3.42. The summed E-state index contributed by atoms with van der Waals surface area (Å²) in [7, 11) is 1.41. The van der Waals surface area contributed by atoms with Crippen molar-refractivity contribution in [2.75, 3.05) is 43.6 Å². The molecule has 0 unspecified atom stereocenters. The van der Waals surface area contributed by atoms with Crippen LogP contribution in [0.25, 0.3) is 0 Å². The molecule has 3 aromatic rings. The van der Waals surface area contributed by atoms with Gasteiger partial charge in [0.25, 0.3) is 0 Å². The highest BCUT2D eigenvalue weighted by Crippen LogP contribution is 2.27. The van der Waals surface area contributed by atoms with Crippen LogP contribution in [0, 0.1) is 0 Å². The molecule has 0 saturated carbocycles. The summed E-state index contributed by atoms with van der Waals surface area (Å²) in [4.78, 5) is 14.6. The van der Waals surface area contributed by atoms with Gasteiger partial charge >= 0.3 is 5.97 Å². The van der Waals surface area contributed by atoms with Crippen LogP contribution in [0.4, 0.5) is 11.4 Å². The molecule has 1 aliphatic heterocycles. The second kappa shape index (κ2) is 10.00. The molecule has 0 aromatic heterocycles. The predicted octanol–water partition coefficient (Wildman–Crippen LogP) is 4.71. The molecule has 0 amide bonds. The summed E-state index contributed by atoms with van der Waals surface area (Å²) in [6, 6.07) is 23.4. The number of para-hydroxylation sites is 1.